The summed E-state index contributed by atoms with van der Waals surface area (Å²) in [6.07, 6.45) is 0. The molecule has 1 aromatic rings. The van der Waals surface area contributed by atoms with Crippen LogP contribution in [0.4, 0.5) is 0 Å². The number of rotatable bonds is 4. The Bertz CT molecular complexity index is 404. The minimum Gasteiger partial charge on any atom is -0.481 e. The summed E-state index contributed by atoms with van der Waals surface area (Å²) in [7, 11) is -1.33. The van der Waals surface area contributed by atoms with Crippen molar-refractivity contribution in [2.45, 2.75) is 12.7 Å². The van der Waals surface area contributed by atoms with E-state index >= 15 is 0 Å². The van der Waals surface area contributed by atoms with Gasteiger partial charge in [0.15, 0.2) is 0 Å². The van der Waals surface area contributed by atoms with E-state index in [2.05, 4.69) is 15.9 Å². The maximum absolute atomic E-state index is 11.4. The second kappa shape index (κ2) is 5.42. The van der Waals surface area contributed by atoms with Crippen LogP contribution < -0.4 is 0 Å². The highest BCUT2D eigenvalue weighted by Gasteiger charge is 2.08. The van der Waals surface area contributed by atoms with E-state index in [1.54, 1.807) is 0 Å². The fourth-order valence-corrected chi connectivity index (χ4v) is 2.71. The zero-order valence-electron chi connectivity index (χ0n) is 8.20. The third-order valence-electron chi connectivity index (χ3n) is 1.91. The van der Waals surface area contributed by atoms with Crippen LogP contribution >= 0.6 is 15.9 Å². The number of carbonyl (C=O) groups is 1. The Hall–Kier alpha value is -0.680. The van der Waals surface area contributed by atoms with Gasteiger partial charge in [0.1, 0.15) is 5.75 Å². The zero-order valence-corrected chi connectivity index (χ0v) is 10.6. The average Bonchev–Trinajstić information content (AvgIpc) is 2.08. The predicted molar refractivity (Wildman–Crippen MR) is 63.2 cm³/mol. The molecule has 0 saturated carbocycles. The highest BCUT2D eigenvalue weighted by atomic mass is 79.9. The van der Waals surface area contributed by atoms with E-state index in [4.69, 9.17) is 5.11 Å². The van der Waals surface area contributed by atoms with Crippen LogP contribution in [0.2, 0.25) is 0 Å². The lowest BCUT2D eigenvalue weighted by molar-refractivity contribution is -0.133. The summed E-state index contributed by atoms with van der Waals surface area (Å²) in [4.78, 5) is 10.3. The van der Waals surface area contributed by atoms with Crippen molar-refractivity contribution >= 4 is 32.7 Å². The van der Waals surface area contributed by atoms with E-state index < -0.39 is 16.8 Å². The van der Waals surface area contributed by atoms with E-state index in [9.17, 15) is 9.00 Å². The van der Waals surface area contributed by atoms with Crippen molar-refractivity contribution in [1.82, 2.24) is 0 Å². The number of hydrogen-bond donors (Lipinski definition) is 1. The molecular formula is C10H11BrO3S. The summed E-state index contributed by atoms with van der Waals surface area (Å²) < 4.78 is 12.3. The van der Waals surface area contributed by atoms with Gasteiger partial charge >= 0.3 is 5.97 Å². The molecule has 1 aromatic carbocycles. The first kappa shape index (κ1) is 12.4. The number of halogens is 1. The average molecular weight is 291 g/mol. The van der Waals surface area contributed by atoms with Crippen LogP contribution in [-0.2, 0) is 21.3 Å². The molecule has 1 unspecified atom stereocenters. The zero-order chi connectivity index (χ0) is 11.4. The number of aliphatic carboxylic acids is 1. The summed E-state index contributed by atoms with van der Waals surface area (Å²) in [6.45, 7) is 1.91. The fourth-order valence-electron chi connectivity index (χ4n) is 1.18. The van der Waals surface area contributed by atoms with Crippen molar-refractivity contribution in [2.24, 2.45) is 0 Å². The van der Waals surface area contributed by atoms with Crippen molar-refractivity contribution < 1.29 is 14.1 Å². The molecule has 1 N–H and O–H groups in total. The summed E-state index contributed by atoms with van der Waals surface area (Å²) in [6, 6.07) is 5.65. The summed E-state index contributed by atoms with van der Waals surface area (Å²) in [5.74, 6) is -1.02. The second-order valence-corrected chi connectivity index (χ2v) is 5.57. The van der Waals surface area contributed by atoms with E-state index in [0.29, 0.717) is 5.75 Å². The van der Waals surface area contributed by atoms with Gasteiger partial charge in [-0.15, -0.1) is 0 Å². The molecule has 0 saturated heterocycles. The predicted octanol–water partition coefficient (Wildman–Crippen LogP) is 2.09. The van der Waals surface area contributed by atoms with Gasteiger partial charge in [0, 0.05) is 21.0 Å². The van der Waals surface area contributed by atoms with Gasteiger partial charge < -0.3 is 5.11 Å². The van der Waals surface area contributed by atoms with Gasteiger partial charge in [-0.2, -0.15) is 0 Å². The quantitative estimate of drug-likeness (QED) is 0.924. The number of benzene rings is 1. The topological polar surface area (TPSA) is 54.4 Å². The molecule has 0 fully saturated rings. The molecule has 0 bridgehead atoms. The molecule has 0 aliphatic heterocycles. The molecule has 0 aromatic heterocycles. The standard InChI is InChI=1S/C10H11BrO3S/c1-7-4-9(11)3-2-8(7)5-15(14)6-10(12)13/h2-4H,5-6H2,1H3,(H,12,13). The highest BCUT2D eigenvalue weighted by Crippen LogP contribution is 2.17. The van der Waals surface area contributed by atoms with Crippen molar-refractivity contribution in [2.75, 3.05) is 5.75 Å². The van der Waals surface area contributed by atoms with Gasteiger partial charge in [-0.25, -0.2) is 0 Å². The highest BCUT2D eigenvalue weighted by molar-refractivity contribution is 9.10. The van der Waals surface area contributed by atoms with Gasteiger partial charge in [0.05, 0.1) is 0 Å². The van der Waals surface area contributed by atoms with Crippen LogP contribution in [0.25, 0.3) is 0 Å². The normalized spacial score (nSPS) is 12.4. The molecule has 0 aliphatic carbocycles. The summed E-state index contributed by atoms with van der Waals surface area (Å²) in [5, 5.41) is 8.47. The minimum absolute atomic E-state index is 0.296. The Morgan fingerprint density at radius 3 is 2.73 bits per heavy atom. The first-order valence-corrected chi connectivity index (χ1v) is 6.59. The second-order valence-electron chi connectivity index (χ2n) is 3.19. The first-order chi connectivity index (χ1) is 6.99. The molecule has 0 heterocycles. The largest absolute Gasteiger partial charge is 0.481 e. The van der Waals surface area contributed by atoms with Gasteiger partial charge in [-0.1, -0.05) is 22.0 Å². The molecule has 15 heavy (non-hydrogen) atoms. The lowest BCUT2D eigenvalue weighted by Crippen LogP contribution is -2.11. The van der Waals surface area contributed by atoms with Gasteiger partial charge in [0.2, 0.25) is 0 Å². The van der Waals surface area contributed by atoms with Crippen LogP contribution in [0.1, 0.15) is 11.1 Å². The van der Waals surface area contributed by atoms with Crippen LogP contribution in [-0.4, -0.2) is 21.0 Å². The van der Waals surface area contributed by atoms with Crippen molar-refractivity contribution in [1.29, 1.82) is 0 Å². The third-order valence-corrected chi connectivity index (χ3v) is 3.60. The number of aryl methyl sites for hydroxylation is 1. The van der Waals surface area contributed by atoms with E-state index in [-0.39, 0.29) is 5.75 Å². The smallest absolute Gasteiger partial charge is 0.316 e. The lowest BCUT2D eigenvalue weighted by Gasteiger charge is -2.05. The molecule has 0 amide bonds. The summed E-state index contributed by atoms with van der Waals surface area (Å²) >= 11 is 3.33. The molecule has 1 rings (SSSR count). The monoisotopic (exact) mass is 290 g/mol. The molecule has 3 nitrogen and oxygen atoms in total. The van der Waals surface area contributed by atoms with Crippen LogP contribution in [0.15, 0.2) is 22.7 Å². The number of hydrogen-bond acceptors (Lipinski definition) is 2. The SMILES string of the molecule is Cc1cc(Br)ccc1CS(=O)CC(=O)O. The van der Waals surface area contributed by atoms with Crippen LogP contribution in [0, 0.1) is 6.92 Å². The van der Waals surface area contributed by atoms with Crippen molar-refractivity contribution in [3.63, 3.8) is 0 Å². The first-order valence-electron chi connectivity index (χ1n) is 4.31. The maximum atomic E-state index is 11.4. The summed E-state index contributed by atoms with van der Waals surface area (Å²) in [5.41, 5.74) is 1.95. The van der Waals surface area contributed by atoms with Gasteiger partial charge in [-0.05, 0) is 30.2 Å². The van der Waals surface area contributed by atoms with Gasteiger partial charge in [0.25, 0.3) is 0 Å². The van der Waals surface area contributed by atoms with Crippen LogP contribution in [0.3, 0.4) is 0 Å². The molecule has 82 valence electrons. The van der Waals surface area contributed by atoms with Crippen molar-refractivity contribution in [3.05, 3.63) is 33.8 Å². The van der Waals surface area contributed by atoms with Crippen molar-refractivity contribution in [3.8, 4) is 0 Å². The molecule has 0 aliphatic rings. The Balaban J connectivity index is 2.72. The lowest BCUT2D eigenvalue weighted by atomic mass is 10.1. The Morgan fingerprint density at radius 2 is 2.20 bits per heavy atom. The molecule has 5 heteroatoms. The minimum atomic E-state index is -1.33. The maximum Gasteiger partial charge on any atom is 0.316 e. The Labute approximate surface area is 99.1 Å². The fraction of sp³-hybridized carbons (Fsp3) is 0.300. The van der Waals surface area contributed by atoms with Crippen LogP contribution in [0.5, 0.6) is 0 Å². The third kappa shape index (κ3) is 4.13. The molecular weight excluding hydrogens is 280 g/mol. The van der Waals surface area contributed by atoms with E-state index in [1.165, 1.54) is 0 Å². The Kier molecular flexibility index (Phi) is 4.47. The van der Waals surface area contributed by atoms with Gasteiger partial charge in [-0.3, -0.25) is 9.00 Å². The van der Waals surface area contributed by atoms with E-state index in [0.717, 1.165) is 15.6 Å². The van der Waals surface area contributed by atoms with E-state index in [1.807, 2.05) is 25.1 Å². The number of carboxylic acids is 1. The molecule has 1 atom stereocenters. The number of carboxylic acid groups (broad SMARTS) is 1. The molecule has 0 radical (unpaired) electrons. The molecule has 0 spiro atoms. The Morgan fingerprint density at radius 1 is 1.53 bits per heavy atom.